The summed E-state index contributed by atoms with van der Waals surface area (Å²) in [5.74, 6) is 0.601. The summed E-state index contributed by atoms with van der Waals surface area (Å²) in [4.78, 5) is 2.47. The fraction of sp³-hybridized carbons (Fsp3) is 0.467. The lowest BCUT2D eigenvalue weighted by atomic mass is 10.0. The van der Waals surface area contributed by atoms with Crippen LogP contribution >= 0.6 is 0 Å². The second-order valence-electron chi connectivity index (χ2n) is 5.33. The summed E-state index contributed by atoms with van der Waals surface area (Å²) in [7, 11) is 0. The van der Waals surface area contributed by atoms with Gasteiger partial charge in [-0.2, -0.15) is 0 Å². The van der Waals surface area contributed by atoms with Gasteiger partial charge in [0.1, 0.15) is 0 Å². The van der Waals surface area contributed by atoms with Crippen molar-refractivity contribution in [2.45, 2.75) is 32.4 Å². The van der Waals surface area contributed by atoms with E-state index in [4.69, 9.17) is 4.42 Å². The number of anilines is 1. The average Bonchev–Trinajstić information content (AvgIpc) is 2.86. The molecule has 1 aliphatic rings. The van der Waals surface area contributed by atoms with Crippen LogP contribution in [-0.4, -0.2) is 34.2 Å². The highest BCUT2D eigenvalue weighted by Crippen LogP contribution is 2.17. The van der Waals surface area contributed by atoms with Gasteiger partial charge in [-0.25, -0.2) is 0 Å². The van der Waals surface area contributed by atoms with Crippen LogP contribution in [0.4, 0.5) is 6.01 Å². The highest BCUT2D eigenvalue weighted by Gasteiger charge is 2.21. The van der Waals surface area contributed by atoms with Gasteiger partial charge in [-0.05, 0) is 24.9 Å². The third-order valence-corrected chi connectivity index (χ3v) is 3.61. The number of aryl methyl sites for hydroxylation is 1. The summed E-state index contributed by atoms with van der Waals surface area (Å²) >= 11 is 0. The van der Waals surface area contributed by atoms with Gasteiger partial charge < -0.3 is 9.73 Å². The maximum absolute atomic E-state index is 5.39. The summed E-state index contributed by atoms with van der Waals surface area (Å²) < 4.78 is 5.39. The van der Waals surface area contributed by atoms with Crippen molar-refractivity contribution in [3.8, 4) is 0 Å². The quantitative estimate of drug-likeness (QED) is 0.926. The molecule has 5 heteroatoms. The molecule has 0 bridgehead atoms. The monoisotopic (exact) mass is 272 g/mol. The summed E-state index contributed by atoms with van der Waals surface area (Å²) in [6.45, 7) is 4.97. The number of aromatic nitrogens is 2. The van der Waals surface area contributed by atoms with E-state index in [1.54, 1.807) is 6.92 Å². The van der Waals surface area contributed by atoms with Gasteiger partial charge in [-0.3, -0.25) is 4.90 Å². The Bertz CT molecular complexity index is 540. The van der Waals surface area contributed by atoms with Crippen LogP contribution in [0, 0.1) is 6.92 Å². The average molecular weight is 272 g/mol. The van der Waals surface area contributed by atoms with Crippen molar-refractivity contribution in [3.63, 3.8) is 0 Å². The first-order valence-electron chi connectivity index (χ1n) is 7.12. The third kappa shape index (κ3) is 3.36. The number of piperidine rings is 1. The third-order valence-electron chi connectivity index (χ3n) is 3.61. The highest BCUT2D eigenvalue weighted by atomic mass is 16.4. The van der Waals surface area contributed by atoms with Crippen LogP contribution in [0.15, 0.2) is 34.7 Å². The zero-order chi connectivity index (χ0) is 13.8. The molecule has 0 spiro atoms. The molecule has 2 aromatic rings. The largest absolute Gasteiger partial charge is 0.408 e. The minimum atomic E-state index is 0.382. The molecule has 0 amide bonds. The second-order valence-corrected chi connectivity index (χ2v) is 5.33. The normalized spacial score (nSPS) is 19.9. The van der Waals surface area contributed by atoms with Crippen LogP contribution in [0.25, 0.3) is 0 Å². The van der Waals surface area contributed by atoms with Crippen LogP contribution < -0.4 is 5.32 Å². The van der Waals surface area contributed by atoms with Gasteiger partial charge in [0, 0.05) is 26.1 Å². The van der Waals surface area contributed by atoms with Gasteiger partial charge in [-0.1, -0.05) is 35.4 Å². The maximum Gasteiger partial charge on any atom is 0.315 e. The summed E-state index contributed by atoms with van der Waals surface area (Å²) in [6.07, 6.45) is 2.34. The number of rotatable bonds is 4. The van der Waals surface area contributed by atoms with E-state index in [0.717, 1.165) is 26.1 Å². The summed E-state index contributed by atoms with van der Waals surface area (Å²) in [5.41, 5.74) is 1.36. The Balaban J connectivity index is 1.56. The number of hydrogen-bond donors (Lipinski definition) is 1. The van der Waals surface area contributed by atoms with Crippen molar-refractivity contribution in [3.05, 3.63) is 41.8 Å². The van der Waals surface area contributed by atoms with Crippen LogP contribution in [-0.2, 0) is 6.54 Å². The van der Waals surface area contributed by atoms with E-state index >= 15 is 0 Å². The molecule has 1 aromatic carbocycles. The predicted octanol–water partition coefficient (Wildman–Crippen LogP) is 2.45. The van der Waals surface area contributed by atoms with E-state index in [2.05, 4.69) is 50.7 Å². The minimum Gasteiger partial charge on any atom is -0.408 e. The Hall–Kier alpha value is -1.88. The fourth-order valence-corrected chi connectivity index (χ4v) is 2.69. The summed E-state index contributed by atoms with van der Waals surface area (Å²) in [6, 6.07) is 11.5. The van der Waals surface area contributed by atoms with Crippen molar-refractivity contribution in [1.82, 2.24) is 15.1 Å². The minimum absolute atomic E-state index is 0.382. The van der Waals surface area contributed by atoms with Gasteiger partial charge >= 0.3 is 6.01 Å². The molecule has 20 heavy (non-hydrogen) atoms. The van der Waals surface area contributed by atoms with Crippen LogP contribution in [0.1, 0.15) is 24.3 Å². The SMILES string of the molecule is Cc1nnc(N[C@@H]2CCCN(Cc3ccccc3)C2)o1. The van der Waals surface area contributed by atoms with Gasteiger partial charge in [0.05, 0.1) is 0 Å². The molecule has 0 aliphatic carbocycles. The molecule has 1 N–H and O–H groups in total. The Morgan fingerprint density at radius 1 is 1.30 bits per heavy atom. The molecule has 0 unspecified atom stereocenters. The van der Waals surface area contributed by atoms with Crippen molar-refractivity contribution < 1.29 is 4.42 Å². The molecule has 1 saturated heterocycles. The molecule has 2 heterocycles. The maximum atomic E-state index is 5.39. The van der Waals surface area contributed by atoms with Crippen LogP contribution in [0.3, 0.4) is 0 Å². The first kappa shape index (κ1) is 13.1. The zero-order valence-electron chi connectivity index (χ0n) is 11.7. The lowest BCUT2D eigenvalue weighted by molar-refractivity contribution is 0.207. The smallest absolute Gasteiger partial charge is 0.315 e. The molecule has 0 saturated carbocycles. The first-order chi connectivity index (χ1) is 9.79. The number of nitrogens with one attached hydrogen (secondary N) is 1. The Kier molecular flexibility index (Phi) is 3.97. The van der Waals surface area contributed by atoms with Crippen molar-refractivity contribution >= 4 is 6.01 Å². The topological polar surface area (TPSA) is 54.2 Å². The van der Waals surface area contributed by atoms with Gasteiger partial charge in [0.2, 0.25) is 5.89 Å². The number of likely N-dealkylation sites (tertiary alicyclic amines) is 1. The molecule has 5 nitrogen and oxygen atoms in total. The van der Waals surface area contributed by atoms with E-state index in [-0.39, 0.29) is 0 Å². The zero-order valence-corrected chi connectivity index (χ0v) is 11.7. The fourth-order valence-electron chi connectivity index (χ4n) is 2.69. The lowest BCUT2D eigenvalue weighted by Gasteiger charge is -2.32. The molecular weight excluding hydrogens is 252 g/mol. The standard InChI is InChI=1S/C15H20N4O/c1-12-17-18-15(20-12)16-14-8-5-9-19(11-14)10-13-6-3-2-4-7-13/h2-4,6-7,14H,5,8-11H2,1H3,(H,16,18)/t14-/m1/s1. The van der Waals surface area contributed by atoms with Gasteiger partial charge in [-0.15, -0.1) is 5.10 Å². The van der Waals surface area contributed by atoms with Crippen molar-refractivity contribution in [2.24, 2.45) is 0 Å². The van der Waals surface area contributed by atoms with E-state index < -0.39 is 0 Å². The molecule has 106 valence electrons. The van der Waals surface area contributed by atoms with Crippen LogP contribution in [0.5, 0.6) is 0 Å². The molecule has 1 fully saturated rings. The van der Waals surface area contributed by atoms with Gasteiger partial charge in [0.25, 0.3) is 0 Å². The second kappa shape index (κ2) is 6.05. The Morgan fingerprint density at radius 2 is 2.15 bits per heavy atom. The Morgan fingerprint density at radius 3 is 2.90 bits per heavy atom. The number of hydrogen-bond acceptors (Lipinski definition) is 5. The summed E-state index contributed by atoms with van der Waals surface area (Å²) in [5, 5.41) is 11.2. The molecule has 1 atom stereocenters. The molecule has 1 aromatic heterocycles. The number of benzene rings is 1. The van der Waals surface area contributed by atoms with E-state index in [9.17, 15) is 0 Å². The number of nitrogens with zero attached hydrogens (tertiary/aromatic N) is 3. The lowest BCUT2D eigenvalue weighted by Crippen LogP contribution is -2.41. The van der Waals surface area contributed by atoms with Crippen LogP contribution in [0.2, 0.25) is 0 Å². The van der Waals surface area contributed by atoms with E-state index in [1.165, 1.54) is 12.0 Å². The van der Waals surface area contributed by atoms with E-state index in [0.29, 0.717) is 17.9 Å². The predicted molar refractivity (Wildman–Crippen MR) is 77.4 cm³/mol. The first-order valence-corrected chi connectivity index (χ1v) is 7.12. The molecule has 1 aliphatic heterocycles. The van der Waals surface area contributed by atoms with E-state index in [1.807, 2.05) is 0 Å². The Labute approximate surface area is 119 Å². The van der Waals surface area contributed by atoms with Crippen molar-refractivity contribution in [1.29, 1.82) is 0 Å². The molecule has 3 rings (SSSR count). The molecule has 0 radical (unpaired) electrons. The highest BCUT2D eigenvalue weighted by molar-refractivity contribution is 5.20. The van der Waals surface area contributed by atoms with Crippen molar-refractivity contribution in [2.75, 3.05) is 18.4 Å². The van der Waals surface area contributed by atoms with Gasteiger partial charge in [0.15, 0.2) is 0 Å². The molecular formula is C15H20N4O.